The van der Waals surface area contributed by atoms with Crippen LogP contribution in [0, 0.1) is 0 Å². The predicted molar refractivity (Wildman–Crippen MR) is 45.4 cm³/mol. The van der Waals surface area contributed by atoms with Crippen LogP contribution in [0.2, 0.25) is 0 Å². The maximum atomic E-state index is 4.04. The monoisotopic (exact) mass is 273 g/mol. The Labute approximate surface area is 104 Å². The van der Waals surface area contributed by atoms with Gasteiger partial charge in [0.2, 0.25) is 0 Å². The van der Waals surface area contributed by atoms with Gasteiger partial charge in [-0.25, -0.2) is 0 Å². The summed E-state index contributed by atoms with van der Waals surface area (Å²) in [6.07, 6.45) is 1.89. The Morgan fingerprint density at radius 2 is 2.00 bits per heavy atom. The van der Waals surface area contributed by atoms with Crippen molar-refractivity contribution in [2.75, 3.05) is 0 Å². The minimum absolute atomic E-state index is 0. The Morgan fingerprint density at radius 1 is 1.20 bits per heavy atom. The first-order valence-corrected chi connectivity index (χ1v) is 3.53. The molecule has 0 saturated carbocycles. The number of hydrogen-bond donors (Lipinski definition) is 0. The van der Waals surface area contributed by atoms with Gasteiger partial charge in [0.15, 0.2) is 0 Å². The summed E-state index contributed by atoms with van der Waals surface area (Å²) in [5, 5.41) is 1.24. The molecule has 1 aromatic carbocycles. The molecule has 2 rings (SSSR count). The SMILES string of the molecule is [Ba].c1ccc2sncc2c1. The van der Waals surface area contributed by atoms with Crippen LogP contribution in [0.4, 0.5) is 0 Å². The van der Waals surface area contributed by atoms with Crippen LogP contribution in [-0.2, 0) is 0 Å². The van der Waals surface area contributed by atoms with Gasteiger partial charge in [-0.05, 0) is 17.6 Å². The number of nitrogens with zero attached hydrogens (tertiary/aromatic N) is 1. The first-order valence-electron chi connectivity index (χ1n) is 2.76. The minimum Gasteiger partial charge on any atom is -0.200 e. The molecule has 2 radical (unpaired) electrons. The first kappa shape index (κ1) is 8.78. The van der Waals surface area contributed by atoms with Gasteiger partial charge in [0.05, 0.1) is 4.70 Å². The molecule has 0 aliphatic heterocycles. The Bertz CT molecular complexity index is 288. The van der Waals surface area contributed by atoms with E-state index in [0.717, 1.165) is 0 Å². The van der Waals surface area contributed by atoms with Gasteiger partial charge in [0.25, 0.3) is 0 Å². The second-order valence-corrected chi connectivity index (χ2v) is 2.70. The molecule has 0 unspecified atom stereocenters. The summed E-state index contributed by atoms with van der Waals surface area (Å²) in [7, 11) is 0. The van der Waals surface area contributed by atoms with E-state index in [9.17, 15) is 0 Å². The molecule has 0 bridgehead atoms. The fourth-order valence-corrected chi connectivity index (χ4v) is 1.46. The van der Waals surface area contributed by atoms with Gasteiger partial charge in [-0.2, -0.15) is 4.37 Å². The van der Waals surface area contributed by atoms with Crippen LogP contribution >= 0.6 is 11.5 Å². The van der Waals surface area contributed by atoms with E-state index in [-0.39, 0.29) is 48.9 Å². The van der Waals surface area contributed by atoms with Crippen molar-refractivity contribution in [2.24, 2.45) is 0 Å². The van der Waals surface area contributed by atoms with Gasteiger partial charge in [-0.15, -0.1) is 0 Å². The predicted octanol–water partition coefficient (Wildman–Crippen LogP) is 1.92. The molecule has 1 heterocycles. The summed E-state index contributed by atoms with van der Waals surface area (Å²) in [6, 6.07) is 8.20. The standard InChI is InChI=1S/C7H5NS.Ba/c1-2-4-7-6(3-1)5-8-9-7;/h1-5H;. The van der Waals surface area contributed by atoms with E-state index in [4.69, 9.17) is 0 Å². The van der Waals surface area contributed by atoms with Crippen LogP contribution in [0.1, 0.15) is 0 Å². The second-order valence-electron chi connectivity index (χ2n) is 1.86. The quantitative estimate of drug-likeness (QED) is 0.668. The van der Waals surface area contributed by atoms with Crippen molar-refractivity contribution in [3.8, 4) is 0 Å². The van der Waals surface area contributed by atoms with Crippen LogP contribution < -0.4 is 0 Å². The summed E-state index contributed by atoms with van der Waals surface area (Å²) in [5.41, 5.74) is 0. The maximum absolute atomic E-state index is 4.04. The van der Waals surface area contributed by atoms with Crippen molar-refractivity contribution in [2.45, 2.75) is 0 Å². The first-order chi connectivity index (χ1) is 4.47. The maximum Gasteiger partial charge on any atom is 0.0549 e. The van der Waals surface area contributed by atoms with Gasteiger partial charge in [-0.3, -0.25) is 0 Å². The summed E-state index contributed by atoms with van der Waals surface area (Å²) >= 11 is 1.54. The molecule has 0 atom stereocenters. The van der Waals surface area contributed by atoms with Gasteiger partial charge in [-0.1, -0.05) is 18.2 Å². The molecule has 10 heavy (non-hydrogen) atoms. The topological polar surface area (TPSA) is 12.9 Å². The summed E-state index contributed by atoms with van der Waals surface area (Å²) in [4.78, 5) is 0. The molecule has 46 valence electrons. The molecule has 3 heteroatoms. The van der Waals surface area contributed by atoms with Crippen LogP contribution in [-0.4, -0.2) is 53.3 Å². The van der Waals surface area contributed by atoms with E-state index in [1.807, 2.05) is 18.3 Å². The number of rotatable bonds is 0. The molecule has 2 aromatic rings. The average Bonchev–Trinajstić information content (AvgIpc) is 2.33. The van der Waals surface area contributed by atoms with Gasteiger partial charge in [0, 0.05) is 60.5 Å². The fraction of sp³-hybridized carbons (Fsp3) is 0. The van der Waals surface area contributed by atoms with E-state index in [0.29, 0.717) is 0 Å². The Balaban J connectivity index is 0.000000500. The minimum atomic E-state index is 0. The largest absolute Gasteiger partial charge is 0.200 e. The molecule has 0 spiro atoms. The molecule has 0 aliphatic rings. The molecular weight excluding hydrogens is 267 g/mol. The zero-order valence-electron chi connectivity index (χ0n) is 5.45. The van der Waals surface area contributed by atoms with Crippen molar-refractivity contribution in [1.29, 1.82) is 0 Å². The normalized spacial score (nSPS) is 9.20. The molecule has 0 fully saturated rings. The second kappa shape index (κ2) is 3.90. The molecule has 0 aliphatic carbocycles. The molecule has 0 saturated heterocycles. The third kappa shape index (κ3) is 1.64. The van der Waals surface area contributed by atoms with Crippen LogP contribution in [0.25, 0.3) is 10.1 Å². The number of aromatic nitrogens is 1. The van der Waals surface area contributed by atoms with E-state index >= 15 is 0 Å². The third-order valence-electron chi connectivity index (χ3n) is 1.26. The average molecular weight is 273 g/mol. The molecule has 1 aromatic heterocycles. The van der Waals surface area contributed by atoms with Crippen molar-refractivity contribution >= 4 is 70.5 Å². The van der Waals surface area contributed by atoms with E-state index in [2.05, 4.69) is 16.5 Å². The summed E-state index contributed by atoms with van der Waals surface area (Å²) in [5.74, 6) is 0. The Hall–Kier alpha value is 0.681. The van der Waals surface area contributed by atoms with E-state index in [1.54, 1.807) is 0 Å². The fourth-order valence-electron chi connectivity index (χ4n) is 0.810. The summed E-state index contributed by atoms with van der Waals surface area (Å²) in [6.45, 7) is 0. The zero-order chi connectivity index (χ0) is 6.10. The Morgan fingerprint density at radius 3 is 2.80 bits per heavy atom. The van der Waals surface area contributed by atoms with Crippen molar-refractivity contribution in [3.63, 3.8) is 0 Å². The molecule has 1 nitrogen and oxygen atoms in total. The van der Waals surface area contributed by atoms with E-state index < -0.39 is 0 Å². The number of benzene rings is 1. The summed E-state index contributed by atoms with van der Waals surface area (Å²) < 4.78 is 5.30. The van der Waals surface area contributed by atoms with Gasteiger partial charge < -0.3 is 0 Å². The van der Waals surface area contributed by atoms with Crippen LogP contribution in [0.3, 0.4) is 0 Å². The van der Waals surface area contributed by atoms with Crippen molar-refractivity contribution in [3.05, 3.63) is 30.5 Å². The van der Waals surface area contributed by atoms with Gasteiger partial charge >= 0.3 is 0 Å². The zero-order valence-corrected chi connectivity index (χ0v) is 10.7. The third-order valence-corrected chi connectivity index (χ3v) is 2.04. The van der Waals surface area contributed by atoms with E-state index in [1.165, 1.54) is 21.6 Å². The smallest absolute Gasteiger partial charge is 0.0549 e. The van der Waals surface area contributed by atoms with Crippen LogP contribution in [0.5, 0.6) is 0 Å². The number of fused-ring (bicyclic) bond motifs is 1. The van der Waals surface area contributed by atoms with Crippen molar-refractivity contribution < 1.29 is 0 Å². The Kier molecular flexibility index (Phi) is 3.42. The molecule has 0 N–H and O–H groups in total. The number of hydrogen-bond acceptors (Lipinski definition) is 2. The van der Waals surface area contributed by atoms with Crippen LogP contribution in [0.15, 0.2) is 30.5 Å². The van der Waals surface area contributed by atoms with Gasteiger partial charge in [0.1, 0.15) is 0 Å². The molecular formula is C7H5BaNS. The van der Waals surface area contributed by atoms with Crippen molar-refractivity contribution in [1.82, 2.24) is 4.37 Å². The molecule has 0 amide bonds.